The first kappa shape index (κ1) is 13.1. The summed E-state index contributed by atoms with van der Waals surface area (Å²) in [5.41, 5.74) is 0.712. The molecule has 1 aromatic heterocycles. The molecule has 0 atom stereocenters. The van der Waals surface area contributed by atoms with Crippen LogP contribution >= 0.6 is 11.6 Å². The molecule has 0 unspecified atom stereocenters. The van der Waals surface area contributed by atoms with E-state index >= 15 is 0 Å². The highest BCUT2D eigenvalue weighted by molar-refractivity contribution is 6.16. The molecule has 2 aromatic rings. The zero-order chi connectivity index (χ0) is 13.3. The van der Waals surface area contributed by atoms with Crippen LogP contribution in [0, 0.1) is 5.41 Å². The highest BCUT2D eigenvalue weighted by Gasteiger charge is 2.17. The van der Waals surface area contributed by atoms with Crippen molar-refractivity contribution in [3.63, 3.8) is 0 Å². The molecule has 2 rings (SSSR count). The van der Waals surface area contributed by atoms with Crippen LogP contribution in [0.3, 0.4) is 0 Å². The van der Waals surface area contributed by atoms with Crippen LogP contribution in [0.2, 0.25) is 0 Å². The first-order valence-electron chi connectivity index (χ1n) is 5.97. The van der Waals surface area contributed by atoms with Gasteiger partial charge in [0.25, 0.3) is 5.56 Å². The normalized spacial score (nSPS) is 12.0. The van der Waals surface area contributed by atoms with Crippen LogP contribution in [0.25, 0.3) is 10.9 Å². The number of halogens is 1. The number of benzene rings is 1. The van der Waals surface area contributed by atoms with Gasteiger partial charge in [-0.15, -0.1) is 11.6 Å². The van der Waals surface area contributed by atoms with Gasteiger partial charge in [-0.2, -0.15) is 0 Å². The Bertz CT molecular complexity index is 626. The SMILES string of the molecule is CC(C)(C)Cn1c(CCl)nc2ccccc2c1=O. The van der Waals surface area contributed by atoms with E-state index in [9.17, 15) is 4.79 Å². The van der Waals surface area contributed by atoms with Crippen molar-refractivity contribution >= 4 is 22.5 Å². The number of aromatic nitrogens is 2. The van der Waals surface area contributed by atoms with Gasteiger partial charge in [-0.3, -0.25) is 9.36 Å². The van der Waals surface area contributed by atoms with Crippen molar-refractivity contribution in [2.75, 3.05) is 0 Å². The van der Waals surface area contributed by atoms with Crippen LogP contribution in [0.15, 0.2) is 29.1 Å². The molecule has 18 heavy (non-hydrogen) atoms. The molecule has 0 saturated carbocycles. The topological polar surface area (TPSA) is 34.9 Å². The molecule has 0 bridgehead atoms. The number of rotatable bonds is 2. The molecule has 1 aromatic carbocycles. The summed E-state index contributed by atoms with van der Waals surface area (Å²) >= 11 is 5.91. The smallest absolute Gasteiger partial charge is 0.261 e. The van der Waals surface area contributed by atoms with Crippen molar-refractivity contribution < 1.29 is 0 Å². The van der Waals surface area contributed by atoms with Crippen molar-refractivity contribution in [2.24, 2.45) is 5.41 Å². The van der Waals surface area contributed by atoms with Gasteiger partial charge in [0.2, 0.25) is 0 Å². The van der Waals surface area contributed by atoms with E-state index in [4.69, 9.17) is 11.6 Å². The average Bonchev–Trinajstić information content (AvgIpc) is 2.31. The summed E-state index contributed by atoms with van der Waals surface area (Å²) in [6.45, 7) is 6.89. The van der Waals surface area contributed by atoms with E-state index in [2.05, 4.69) is 25.8 Å². The Labute approximate surface area is 111 Å². The highest BCUT2D eigenvalue weighted by Crippen LogP contribution is 2.18. The van der Waals surface area contributed by atoms with Gasteiger partial charge in [-0.05, 0) is 17.5 Å². The second-order valence-electron chi connectivity index (χ2n) is 5.63. The lowest BCUT2D eigenvalue weighted by Gasteiger charge is -2.21. The fraction of sp³-hybridized carbons (Fsp3) is 0.429. The maximum Gasteiger partial charge on any atom is 0.261 e. The summed E-state index contributed by atoms with van der Waals surface area (Å²) in [6.07, 6.45) is 0. The lowest BCUT2D eigenvalue weighted by molar-refractivity contribution is 0.332. The second-order valence-corrected chi connectivity index (χ2v) is 5.90. The van der Waals surface area contributed by atoms with Gasteiger partial charge < -0.3 is 0 Å². The van der Waals surface area contributed by atoms with Crippen molar-refractivity contribution in [1.82, 2.24) is 9.55 Å². The number of hydrogen-bond donors (Lipinski definition) is 0. The molecular weight excluding hydrogens is 248 g/mol. The van der Waals surface area contributed by atoms with Crippen LogP contribution in [0.1, 0.15) is 26.6 Å². The first-order chi connectivity index (χ1) is 8.42. The Balaban J connectivity index is 2.71. The van der Waals surface area contributed by atoms with Gasteiger partial charge in [0.15, 0.2) is 0 Å². The van der Waals surface area contributed by atoms with E-state index in [1.807, 2.05) is 24.3 Å². The van der Waals surface area contributed by atoms with Gasteiger partial charge in [-0.1, -0.05) is 32.9 Å². The Morgan fingerprint density at radius 3 is 2.56 bits per heavy atom. The van der Waals surface area contributed by atoms with Gasteiger partial charge in [0, 0.05) is 6.54 Å². The largest absolute Gasteiger partial charge is 0.295 e. The lowest BCUT2D eigenvalue weighted by Crippen LogP contribution is -2.30. The molecule has 0 aliphatic heterocycles. The van der Waals surface area contributed by atoms with Gasteiger partial charge in [0.1, 0.15) is 5.82 Å². The standard InChI is InChI=1S/C14H17ClN2O/c1-14(2,3)9-17-12(8-15)16-11-7-5-4-6-10(11)13(17)18/h4-7H,8-9H2,1-3H3. The van der Waals surface area contributed by atoms with Crippen molar-refractivity contribution in [3.8, 4) is 0 Å². The zero-order valence-corrected chi connectivity index (χ0v) is 11.7. The van der Waals surface area contributed by atoms with Gasteiger partial charge in [-0.25, -0.2) is 4.98 Å². The number of fused-ring (bicyclic) bond motifs is 1. The van der Waals surface area contributed by atoms with Crippen LogP contribution in [-0.4, -0.2) is 9.55 Å². The van der Waals surface area contributed by atoms with Crippen molar-refractivity contribution in [3.05, 3.63) is 40.4 Å². The summed E-state index contributed by atoms with van der Waals surface area (Å²) in [5.74, 6) is 0.881. The molecule has 0 radical (unpaired) electrons. The number of hydrogen-bond acceptors (Lipinski definition) is 2. The van der Waals surface area contributed by atoms with E-state index in [1.54, 1.807) is 4.57 Å². The third kappa shape index (κ3) is 2.56. The van der Waals surface area contributed by atoms with E-state index in [-0.39, 0.29) is 16.9 Å². The molecule has 0 amide bonds. The van der Waals surface area contributed by atoms with Crippen molar-refractivity contribution in [1.29, 1.82) is 0 Å². The second kappa shape index (κ2) is 4.73. The molecule has 0 aliphatic rings. The molecule has 96 valence electrons. The summed E-state index contributed by atoms with van der Waals surface area (Å²) in [4.78, 5) is 16.9. The summed E-state index contributed by atoms with van der Waals surface area (Å²) in [6, 6.07) is 7.38. The van der Waals surface area contributed by atoms with E-state index in [0.29, 0.717) is 23.3 Å². The van der Waals surface area contributed by atoms with E-state index in [1.165, 1.54) is 0 Å². The summed E-state index contributed by atoms with van der Waals surface area (Å²) < 4.78 is 1.69. The molecular formula is C14H17ClN2O. The summed E-state index contributed by atoms with van der Waals surface area (Å²) in [5, 5.41) is 0.649. The third-order valence-electron chi connectivity index (χ3n) is 2.69. The zero-order valence-electron chi connectivity index (χ0n) is 10.9. The first-order valence-corrected chi connectivity index (χ1v) is 6.50. The Morgan fingerprint density at radius 2 is 1.94 bits per heavy atom. The Morgan fingerprint density at radius 1 is 1.28 bits per heavy atom. The van der Waals surface area contributed by atoms with Crippen LogP contribution in [-0.2, 0) is 12.4 Å². The molecule has 0 fully saturated rings. The Hall–Kier alpha value is -1.35. The number of nitrogens with zero attached hydrogens (tertiary/aromatic N) is 2. The molecule has 0 saturated heterocycles. The Kier molecular flexibility index (Phi) is 3.44. The summed E-state index contributed by atoms with van der Waals surface area (Å²) in [7, 11) is 0. The molecule has 0 spiro atoms. The molecule has 0 N–H and O–H groups in total. The minimum Gasteiger partial charge on any atom is -0.295 e. The minimum atomic E-state index is -0.00817. The highest BCUT2D eigenvalue weighted by atomic mass is 35.5. The molecule has 4 heteroatoms. The van der Waals surface area contributed by atoms with Gasteiger partial charge >= 0.3 is 0 Å². The molecule has 0 aliphatic carbocycles. The fourth-order valence-electron chi connectivity index (χ4n) is 1.95. The number of para-hydroxylation sites is 1. The minimum absolute atomic E-state index is 0.00817. The van der Waals surface area contributed by atoms with E-state index < -0.39 is 0 Å². The maximum absolute atomic E-state index is 12.5. The molecule has 3 nitrogen and oxygen atoms in total. The van der Waals surface area contributed by atoms with Crippen LogP contribution in [0.4, 0.5) is 0 Å². The predicted molar refractivity (Wildman–Crippen MR) is 75.0 cm³/mol. The molecule has 1 heterocycles. The predicted octanol–water partition coefficient (Wildman–Crippen LogP) is 3.18. The maximum atomic E-state index is 12.5. The average molecular weight is 265 g/mol. The quantitative estimate of drug-likeness (QED) is 0.781. The van der Waals surface area contributed by atoms with Crippen LogP contribution in [0.5, 0.6) is 0 Å². The monoisotopic (exact) mass is 264 g/mol. The van der Waals surface area contributed by atoms with E-state index in [0.717, 1.165) is 0 Å². The van der Waals surface area contributed by atoms with Crippen LogP contribution < -0.4 is 5.56 Å². The lowest BCUT2D eigenvalue weighted by atomic mass is 9.96. The number of alkyl halides is 1. The van der Waals surface area contributed by atoms with Gasteiger partial charge in [0.05, 0.1) is 16.8 Å². The fourth-order valence-corrected chi connectivity index (χ4v) is 2.16. The van der Waals surface area contributed by atoms with Crippen molar-refractivity contribution in [2.45, 2.75) is 33.2 Å². The third-order valence-corrected chi connectivity index (χ3v) is 2.93.